The third-order valence-electron chi connectivity index (χ3n) is 3.54. The highest BCUT2D eigenvalue weighted by Crippen LogP contribution is 2.15. The molecule has 0 aliphatic heterocycles. The molecule has 1 N–H and O–H groups in total. The van der Waals surface area contributed by atoms with Crippen molar-refractivity contribution >= 4 is 29.3 Å². The van der Waals surface area contributed by atoms with Crippen LogP contribution in [0, 0.1) is 11.7 Å². The van der Waals surface area contributed by atoms with Gasteiger partial charge in [0, 0.05) is 32.3 Å². The van der Waals surface area contributed by atoms with Crippen molar-refractivity contribution in [1.29, 1.82) is 0 Å². The Balaban J connectivity index is 2.23. The Labute approximate surface area is 123 Å². The Morgan fingerprint density at radius 3 is 2.80 bits per heavy atom. The largest absolute Gasteiger partial charge is 0.343 e. The number of amides is 1. The van der Waals surface area contributed by atoms with E-state index in [1.165, 1.54) is 0 Å². The first kappa shape index (κ1) is 14.7. The Morgan fingerprint density at radius 1 is 1.45 bits per heavy atom. The molecule has 0 unspecified atom stereocenters. The Bertz CT molecular complexity index is 669. The van der Waals surface area contributed by atoms with Crippen molar-refractivity contribution in [3.63, 3.8) is 0 Å². The molecule has 6 heteroatoms. The summed E-state index contributed by atoms with van der Waals surface area (Å²) in [5.41, 5.74) is 2.88. The quantitative estimate of drug-likeness (QED) is 0.862. The third-order valence-corrected chi connectivity index (χ3v) is 3.86. The molecule has 5 nitrogen and oxygen atoms in total. The monoisotopic (exact) mass is 292 g/mol. The van der Waals surface area contributed by atoms with Crippen LogP contribution in [-0.2, 0) is 11.3 Å². The summed E-state index contributed by atoms with van der Waals surface area (Å²) in [7, 11) is 0. The molecule has 1 amide bonds. The molecule has 2 heterocycles. The van der Waals surface area contributed by atoms with Gasteiger partial charge in [0.15, 0.2) is 10.4 Å². The fraction of sp³-hybridized carbons (Fsp3) is 0.500. The van der Waals surface area contributed by atoms with E-state index in [0.717, 1.165) is 29.8 Å². The zero-order chi connectivity index (χ0) is 14.7. The van der Waals surface area contributed by atoms with E-state index < -0.39 is 0 Å². The molecule has 2 aromatic heterocycles. The van der Waals surface area contributed by atoms with Crippen molar-refractivity contribution < 1.29 is 4.79 Å². The third kappa shape index (κ3) is 2.75. The molecule has 108 valence electrons. The SMILES string of the molecule is CCN(CC)C(=O)CCn1c(=S)[nH]c2c(C)ccnc21. The van der Waals surface area contributed by atoms with Crippen LogP contribution in [0.15, 0.2) is 12.3 Å². The average Bonchev–Trinajstić information content (AvgIpc) is 2.75. The maximum Gasteiger partial charge on any atom is 0.224 e. The van der Waals surface area contributed by atoms with Gasteiger partial charge in [-0.2, -0.15) is 0 Å². The van der Waals surface area contributed by atoms with Crippen molar-refractivity contribution in [3.8, 4) is 0 Å². The molecule has 0 radical (unpaired) electrons. The lowest BCUT2D eigenvalue weighted by Gasteiger charge is -2.18. The number of H-pyrrole nitrogens is 1. The fourth-order valence-corrected chi connectivity index (χ4v) is 2.60. The van der Waals surface area contributed by atoms with E-state index >= 15 is 0 Å². The first-order valence-corrected chi connectivity index (χ1v) is 7.31. The van der Waals surface area contributed by atoms with Crippen molar-refractivity contribution in [2.24, 2.45) is 0 Å². The molecule has 0 aromatic carbocycles. The van der Waals surface area contributed by atoms with E-state index in [1.807, 2.05) is 36.3 Å². The van der Waals surface area contributed by atoms with Crippen LogP contribution >= 0.6 is 12.2 Å². The summed E-state index contributed by atoms with van der Waals surface area (Å²) in [5, 5.41) is 0. The van der Waals surface area contributed by atoms with E-state index in [1.54, 1.807) is 6.20 Å². The number of aromatic nitrogens is 3. The number of pyridine rings is 1. The zero-order valence-electron chi connectivity index (χ0n) is 12.1. The van der Waals surface area contributed by atoms with Gasteiger partial charge >= 0.3 is 0 Å². The number of aryl methyl sites for hydroxylation is 2. The molecule has 0 fully saturated rings. The number of nitrogens with zero attached hydrogens (tertiary/aromatic N) is 3. The van der Waals surface area contributed by atoms with Gasteiger partial charge in [0.05, 0.1) is 5.52 Å². The lowest BCUT2D eigenvalue weighted by atomic mass is 10.3. The van der Waals surface area contributed by atoms with Gasteiger partial charge in [-0.3, -0.25) is 4.79 Å². The van der Waals surface area contributed by atoms with Gasteiger partial charge in [0.25, 0.3) is 0 Å². The van der Waals surface area contributed by atoms with Gasteiger partial charge < -0.3 is 14.5 Å². The van der Waals surface area contributed by atoms with Crippen LogP contribution in [0.3, 0.4) is 0 Å². The molecule has 0 spiro atoms. The van der Waals surface area contributed by atoms with Crippen LogP contribution in [0.4, 0.5) is 0 Å². The van der Waals surface area contributed by atoms with Crippen molar-refractivity contribution in [3.05, 3.63) is 22.6 Å². The maximum absolute atomic E-state index is 12.1. The number of carbonyl (C=O) groups is 1. The molecule has 20 heavy (non-hydrogen) atoms. The highest BCUT2D eigenvalue weighted by atomic mass is 32.1. The van der Waals surface area contributed by atoms with Crippen LogP contribution in [0.1, 0.15) is 25.8 Å². The normalized spacial score (nSPS) is 10.9. The lowest BCUT2D eigenvalue weighted by molar-refractivity contribution is -0.131. The standard InChI is InChI=1S/C14H20N4OS/c1-4-17(5-2)11(19)7-9-18-13-12(16-14(18)20)10(3)6-8-15-13/h6,8H,4-5,7,9H2,1-3H3,(H,16,20). The minimum atomic E-state index is 0.152. The number of nitrogens with one attached hydrogen (secondary N) is 1. The summed E-state index contributed by atoms with van der Waals surface area (Å²) in [6.45, 7) is 8.04. The molecular formula is C14H20N4OS. The number of aromatic amines is 1. The highest BCUT2D eigenvalue weighted by molar-refractivity contribution is 7.71. The molecule has 0 bridgehead atoms. The van der Waals surface area contributed by atoms with Crippen LogP contribution in [0.5, 0.6) is 0 Å². The lowest BCUT2D eigenvalue weighted by Crippen LogP contribution is -2.31. The summed E-state index contributed by atoms with van der Waals surface area (Å²) >= 11 is 5.33. The zero-order valence-corrected chi connectivity index (χ0v) is 13.0. The number of rotatable bonds is 5. The second-order valence-electron chi connectivity index (χ2n) is 4.72. The number of hydrogen-bond acceptors (Lipinski definition) is 3. The first-order valence-electron chi connectivity index (χ1n) is 6.90. The van der Waals surface area contributed by atoms with Crippen LogP contribution < -0.4 is 0 Å². The van der Waals surface area contributed by atoms with E-state index in [9.17, 15) is 4.79 Å². The number of carbonyl (C=O) groups excluding carboxylic acids is 1. The van der Waals surface area contributed by atoms with Crippen LogP contribution in [0.25, 0.3) is 11.2 Å². The van der Waals surface area contributed by atoms with Gasteiger partial charge in [-0.1, -0.05) is 0 Å². The summed E-state index contributed by atoms with van der Waals surface area (Å²) in [5.74, 6) is 0.152. The molecule has 2 rings (SSSR count). The topological polar surface area (TPSA) is 53.9 Å². The van der Waals surface area contributed by atoms with Gasteiger partial charge in [-0.25, -0.2) is 4.98 Å². The van der Waals surface area contributed by atoms with Crippen molar-refractivity contribution in [1.82, 2.24) is 19.4 Å². The minimum Gasteiger partial charge on any atom is -0.343 e. The molecule has 0 atom stereocenters. The summed E-state index contributed by atoms with van der Waals surface area (Å²) < 4.78 is 2.52. The first-order chi connectivity index (χ1) is 9.58. The van der Waals surface area contributed by atoms with E-state index in [0.29, 0.717) is 17.7 Å². The predicted molar refractivity (Wildman–Crippen MR) is 82.2 cm³/mol. The van der Waals surface area contributed by atoms with Crippen molar-refractivity contribution in [2.45, 2.75) is 33.7 Å². The fourth-order valence-electron chi connectivity index (χ4n) is 2.32. The smallest absolute Gasteiger partial charge is 0.224 e. The number of imidazole rings is 1. The van der Waals surface area contributed by atoms with E-state index in [4.69, 9.17) is 12.2 Å². The second-order valence-corrected chi connectivity index (χ2v) is 5.11. The van der Waals surface area contributed by atoms with E-state index in [2.05, 4.69) is 9.97 Å². The van der Waals surface area contributed by atoms with Crippen molar-refractivity contribution in [2.75, 3.05) is 13.1 Å². The van der Waals surface area contributed by atoms with Gasteiger partial charge in [0.2, 0.25) is 5.91 Å². The van der Waals surface area contributed by atoms with Gasteiger partial charge in [0.1, 0.15) is 0 Å². The average molecular weight is 292 g/mol. The summed E-state index contributed by atoms with van der Waals surface area (Å²) in [6, 6.07) is 1.94. The Kier molecular flexibility index (Phi) is 4.54. The summed E-state index contributed by atoms with van der Waals surface area (Å²) in [4.78, 5) is 21.4. The molecule has 0 aliphatic rings. The van der Waals surface area contributed by atoms with Crippen LogP contribution in [0.2, 0.25) is 0 Å². The van der Waals surface area contributed by atoms with E-state index in [-0.39, 0.29) is 5.91 Å². The second kappa shape index (κ2) is 6.17. The summed E-state index contributed by atoms with van der Waals surface area (Å²) in [6.07, 6.45) is 2.21. The van der Waals surface area contributed by atoms with Gasteiger partial charge in [-0.05, 0) is 44.6 Å². The predicted octanol–water partition coefficient (Wildman–Crippen LogP) is 2.66. The Hall–Kier alpha value is -1.69. The molecular weight excluding hydrogens is 272 g/mol. The van der Waals surface area contributed by atoms with Gasteiger partial charge in [-0.15, -0.1) is 0 Å². The number of fused-ring (bicyclic) bond motifs is 1. The maximum atomic E-state index is 12.1. The molecule has 0 saturated carbocycles. The van der Waals surface area contributed by atoms with Crippen LogP contribution in [-0.4, -0.2) is 38.4 Å². The number of hydrogen-bond donors (Lipinski definition) is 1. The molecule has 0 aliphatic carbocycles. The minimum absolute atomic E-state index is 0.152. The molecule has 2 aromatic rings. The Morgan fingerprint density at radius 2 is 2.15 bits per heavy atom. The molecule has 0 saturated heterocycles. The highest BCUT2D eigenvalue weighted by Gasteiger charge is 2.12.